The van der Waals surface area contributed by atoms with Crippen LogP contribution in [0.2, 0.25) is 0 Å². The highest BCUT2D eigenvalue weighted by molar-refractivity contribution is 9.10. The molecular weight excluding hydrogens is 319 g/mol. The van der Waals surface area contributed by atoms with Crippen molar-refractivity contribution in [1.29, 1.82) is 0 Å². The average Bonchev–Trinajstić information content (AvgIpc) is 2.67. The molecule has 1 aliphatic heterocycles. The minimum absolute atomic E-state index is 0.299. The highest BCUT2D eigenvalue weighted by Crippen LogP contribution is 2.28. The van der Waals surface area contributed by atoms with Crippen LogP contribution in [0.15, 0.2) is 70.6 Å². The Labute approximate surface area is 133 Å². The molecule has 2 heteroatoms. The predicted molar refractivity (Wildman–Crippen MR) is 94.1 cm³/mol. The lowest BCUT2D eigenvalue weighted by Gasteiger charge is -2.11. The van der Waals surface area contributed by atoms with Crippen molar-refractivity contribution in [2.75, 3.05) is 0 Å². The molecule has 0 nitrogen and oxygen atoms in total. The molecule has 1 aliphatic carbocycles. The first-order chi connectivity index (χ1) is 10.3. The Morgan fingerprint density at radius 1 is 1.00 bits per heavy atom. The molecule has 0 saturated carbocycles. The van der Waals surface area contributed by atoms with Crippen LogP contribution in [0.3, 0.4) is 0 Å². The fourth-order valence-corrected chi connectivity index (χ4v) is 3.43. The zero-order valence-electron chi connectivity index (χ0n) is 11.4. The molecule has 2 aliphatic rings. The van der Waals surface area contributed by atoms with Crippen molar-refractivity contribution in [2.24, 2.45) is 0 Å². The first kappa shape index (κ1) is 12.7. The summed E-state index contributed by atoms with van der Waals surface area (Å²) in [4.78, 5) is 0. The molecule has 0 bridgehead atoms. The molecular formula is C19H12BBr. The summed E-state index contributed by atoms with van der Waals surface area (Å²) in [6.45, 7) is 0.299. The summed E-state index contributed by atoms with van der Waals surface area (Å²) in [5, 5.41) is 0. The van der Waals surface area contributed by atoms with E-state index in [1.54, 1.807) is 0 Å². The van der Waals surface area contributed by atoms with E-state index in [2.05, 4.69) is 88.5 Å². The Hall–Kier alpha value is -1.98. The van der Waals surface area contributed by atoms with Gasteiger partial charge in [-0.3, -0.25) is 0 Å². The van der Waals surface area contributed by atoms with Crippen molar-refractivity contribution < 1.29 is 0 Å². The Morgan fingerprint density at radius 2 is 1.81 bits per heavy atom. The number of hydrogen-bond acceptors (Lipinski definition) is 0. The predicted octanol–water partition coefficient (Wildman–Crippen LogP) is 3.33. The lowest BCUT2D eigenvalue weighted by Crippen LogP contribution is -2.41. The molecule has 0 radical (unpaired) electrons. The van der Waals surface area contributed by atoms with Gasteiger partial charge in [0.2, 0.25) is 6.71 Å². The molecule has 0 saturated heterocycles. The lowest BCUT2D eigenvalue weighted by molar-refractivity contribution is 1.47. The molecule has 4 rings (SSSR count). The van der Waals surface area contributed by atoms with Crippen molar-refractivity contribution >= 4 is 39.1 Å². The molecule has 1 heterocycles. The van der Waals surface area contributed by atoms with E-state index >= 15 is 0 Å². The summed E-state index contributed by atoms with van der Waals surface area (Å²) >= 11 is 3.52. The Morgan fingerprint density at radius 3 is 2.67 bits per heavy atom. The Balaban J connectivity index is 1.96. The molecule has 2 aromatic carbocycles. The largest absolute Gasteiger partial charge is 0.243 e. The van der Waals surface area contributed by atoms with E-state index in [0.717, 1.165) is 10.9 Å². The summed E-state index contributed by atoms with van der Waals surface area (Å²) in [6.07, 6.45) is 5.25. The van der Waals surface area contributed by atoms with E-state index in [1.165, 1.54) is 27.5 Å². The highest BCUT2D eigenvalue weighted by atomic mass is 79.9. The molecule has 0 atom stereocenters. The third-order valence-electron chi connectivity index (χ3n) is 4.07. The van der Waals surface area contributed by atoms with Crippen LogP contribution in [0.1, 0.15) is 12.0 Å². The van der Waals surface area contributed by atoms with Gasteiger partial charge in [0.1, 0.15) is 0 Å². The number of hydrogen-bond donors (Lipinski definition) is 0. The van der Waals surface area contributed by atoms with Crippen molar-refractivity contribution in [1.82, 2.24) is 0 Å². The summed E-state index contributed by atoms with van der Waals surface area (Å²) in [5.41, 5.74) is 6.52. The van der Waals surface area contributed by atoms with Crippen molar-refractivity contribution in [3.8, 4) is 11.8 Å². The van der Waals surface area contributed by atoms with Gasteiger partial charge >= 0.3 is 0 Å². The van der Waals surface area contributed by atoms with Crippen LogP contribution in [0.25, 0.3) is 5.57 Å². The molecule has 0 aromatic heterocycles. The molecule has 0 amide bonds. The molecule has 0 spiro atoms. The van der Waals surface area contributed by atoms with Gasteiger partial charge in [-0.2, -0.15) is 0 Å². The van der Waals surface area contributed by atoms with E-state index in [1.807, 2.05) is 0 Å². The van der Waals surface area contributed by atoms with Crippen molar-refractivity contribution in [2.45, 2.75) is 6.42 Å². The molecule has 0 unspecified atom stereocenters. The van der Waals surface area contributed by atoms with Crippen molar-refractivity contribution in [3.05, 3.63) is 76.2 Å². The standard InChI is InChI=1S/C19H12BBr/c21-15-12-10-14(11-13-15)20-18-8-3-1-2-6-16(18)17-7-4-5-9-19(17)20/h3-5,7-13H,1H2. The normalized spacial score (nSPS) is 15.2. The number of halogens is 1. The SMILES string of the molecule is Brc1ccc(B2C3=C(C#CCC=C3)c3ccccc32)cc1. The highest BCUT2D eigenvalue weighted by Gasteiger charge is 2.33. The Bertz CT molecular complexity index is 832. The van der Waals surface area contributed by atoms with Crippen LogP contribution in [0, 0.1) is 11.8 Å². The number of allylic oxidation sites excluding steroid dienone is 4. The van der Waals surface area contributed by atoms with Crippen LogP contribution in [-0.2, 0) is 0 Å². The van der Waals surface area contributed by atoms with E-state index in [9.17, 15) is 0 Å². The van der Waals surface area contributed by atoms with Gasteiger partial charge in [-0.15, -0.1) is 0 Å². The third-order valence-corrected chi connectivity index (χ3v) is 4.60. The minimum atomic E-state index is 0.299. The second-order valence-electron chi connectivity index (χ2n) is 5.31. The molecule has 98 valence electrons. The average molecular weight is 331 g/mol. The van der Waals surface area contributed by atoms with Crippen LogP contribution in [0.4, 0.5) is 0 Å². The lowest BCUT2D eigenvalue weighted by atomic mass is 9.38. The van der Waals surface area contributed by atoms with Crippen LogP contribution >= 0.6 is 15.9 Å². The topological polar surface area (TPSA) is 0 Å². The summed E-state index contributed by atoms with van der Waals surface area (Å²) in [7, 11) is 0. The van der Waals surface area contributed by atoms with Gasteiger partial charge in [0.15, 0.2) is 0 Å². The quantitative estimate of drug-likeness (QED) is 0.556. The van der Waals surface area contributed by atoms with E-state index in [-0.39, 0.29) is 0 Å². The second-order valence-corrected chi connectivity index (χ2v) is 6.23. The summed E-state index contributed by atoms with van der Waals surface area (Å²) < 4.78 is 1.11. The van der Waals surface area contributed by atoms with Gasteiger partial charge in [-0.1, -0.05) is 92.7 Å². The minimum Gasteiger partial charge on any atom is -0.0937 e. The van der Waals surface area contributed by atoms with Gasteiger partial charge < -0.3 is 0 Å². The smallest absolute Gasteiger partial charge is 0.0937 e. The van der Waals surface area contributed by atoms with E-state index in [0.29, 0.717) is 6.71 Å². The maximum absolute atomic E-state index is 3.52. The molecule has 0 N–H and O–H groups in total. The summed E-state index contributed by atoms with van der Waals surface area (Å²) in [6, 6.07) is 17.3. The maximum atomic E-state index is 3.52. The van der Waals surface area contributed by atoms with Gasteiger partial charge in [0, 0.05) is 16.5 Å². The van der Waals surface area contributed by atoms with Gasteiger partial charge in [0.05, 0.1) is 0 Å². The Kier molecular flexibility index (Phi) is 3.09. The first-order valence-electron chi connectivity index (χ1n) is 7.09. The number of fused-ring (bicyclic) bond motifs is 2. The van der Waals surface area contributed by atoms with Gasteiger partial charge in [-0.25, -0.2) is 0 Å². The summed E-state index contributed by atoms with van der Waals surface area (Å²) in [5.74, 6) is 6.61. The van der Waals surface area contributed by atoms with E-state index in [4.69, 9.17) is 0 Å². The van der Waals surface area contributed by atoms with Crippen LogP contribution < -0.4 is 10.9 Å². The van der Waals surface area contributed by atoms with Gasteiger partial charge in [0.25, 0.3) is 0 Å². The number of benzene rings is 2. The third kappa shape index (κ3) is 2.09. The monoisotopic (exact) mass is 330 g/mol. The number of rotatable bonds is 1. The zero-order valence-corrected chi connectivity index (χ0v) is 13.0. The molecule has 0 fully saturated rings. The van der Waals surface area contributed by atoms with Gasteiger partial charge in [-0.05, 0) is 17.7 Å². The van der Waals surface area contributed by atoms with Crippen LogP contribution in [0.5, 0.6) is 0 Å². The maximum Gasteiger partial charge on any atom is 0.243 e. The fourth-order valence-electron chi connectivity index (χ4n) is 3.16. The second kappa shape index (κ2) is 5.09. The van der Waals surface area contributed by atoms with E-state index < -0.39 is 0 Å². The molecule has 21 heavy (non-hydrogen) atoms. The fraction of sp³-hybridized carbons (Fsp3) is 0.0526. The zero-order chi connectivity index (χ0) is 14.2. The molecule has 2 aromatic rings. The first-order valence-corrected chi connectivity index (χ1v) is 7.88. The van der Waals surface area contributed by atoms with Crippen molar-refractivity contribution in [3.63, 3.8) is 0 Å². The van der Waals surface area contributed by atoms with Crippen LogP contribution in [-0.4, -0.2) is 6.71 Å².